The zero-order chi connectivity index (χ0) is 17.9. The molecule has 0 aliphatic heterocycles. The van der Waals surface area contributed by atoms with Gasteiger partial charge in [-0.3, -0.25) is 0 Å². The van der Waals surface area contributed by atoms with Crippen LogP contribution in [-0.2, 0) is 22.7 Å². The van der Waals surface area contributed by atoms with E-state index < -0.39 is 6.10 Å². The van der Waals surface area contributed by atoms with Crippen molar-refractivity contribution in [3.63, 3.8) is 0 Å². The molecule has 2 atom stereocenters. The van der Waals surface area contributed by atoms with Gasteiger partial charge in [0.2, 0.25) is 0 Å². The van der Waals surface area contributed by atoms with Crippen LogP contribution in [0.25, 0.3) is 0 Å². The summed E-state index contributed by atoms with van der Waals surface area (Å²) in [4.78, 5) is 0. The van der Waals surface area contributed by atoms with Crippen molar-refractivity contribution >= 4 is 0 Å². The summed E-state index contributed by atoms with van der Waals surface area (Å²) >= 11 is 0. The van der Waals surface area contributed by atoms with Crippen molar-refractivity contribution in [2.45, 2.75) is 39.6 Å². The molecule has 2 aromatic carbocycles. The van der Waals surface area contributed by atoms with E-state index in [-0.39, 0.29) is 5.92 Å². The lowest BCUT2D eigenvalue weighted by Gasteiger charge is -2.25. The lowest BCUT2D eigenvalue weighted by Crippen LogP contribution is -2.28. The van der Waals surface area contributed by atoms with Crippen LogP contribution in [0, 0.1) is 23.2 Å². The van der Waals surface area contributed by atoms with Crippen LogP contribution in [0.5, 0.6) is 0 Å². The van der Waals surface area contributed by atoms with Crippen LogP contribution in [-0.4, -0.2) is 12.7 Å². The Morgan fingerprint density at radius 3 is 1.96 bits per heavy atom. The van der Waals surface area contributed by atoms with Crippen molar-refractivity contribution in [3.05, 3.63) is 71.8 Å². The first-order valence-electron chi connectivity index (χ1n) is 8.87. The lowest BCUT2D eigenvalue weighted by atomic mass is 9.88. The standard InChI is InChI=1S/C22H27NO2/c1-18(2)21(13-14-24-16-19-9-5-3-6-10-19)22(15-23)25-17-20-11-7-4-8-12-20/h3-12,18,21-22H,13-14,16-17H2,1-2H3/t21-,22+/m0/s1. The second-order valence-electron chi connectivity index (χ2n) is 6.58. The van der Waals surface area contributed by atoms with Crippen LogP contribution in [0.15, 0.2) is 60.7 Å². The van der Waals surface area contributed by atoms with Gasteiger partial charge in [0, 0.05) is 12.5 Å². The summed E-state index contributed by atoms with van der Waals surface area (Å²) in [5, 5.41) is 9.54. The molecule has 0 aromatic heterocycles. The predicted molar refractivity (Wildman–Crippen MR) is 99.7 cm³/mol. The minimum Gasteiger partial charge on any atom is -0.377 e. The Morgan fingerprint density at radius 2 is 1.44 bits per heavy atom. The van der Waals surface area contributed by atoms with Gasteiger partial charge < -0.3 is 9.47 Å². The predicted octanol–water partition coefficient (Wildman–Crippen LogP) is 4.97. The molecule has 0 amide bonds. The van der Waals surface area contributed by atoms with Crippen LogP contribution in [0.3, 0.4) is 0 Å². The second kappa shape index (κ2) is 10.7. The van der Waals surface area contributed by atoms with Gasteiger partial charge in [0.25, 0.3) is 0 Å². The number of nitriles is 1. The Balaban J connectivity index is 1.81. The molecule has 132 valence electrons. The summed E-state index contributed by atoms with van der Waals surface area (Å²) in [7, 11) is 0. The average Bonchev–Trinajstić information content (AvgIpc) is 2.65. The van der Waals surface area contributed by atoms with E-state index >= 15 is 0 Å². The fraction of sp³-hybridized carbons (Fsp3) is 0.409. The Bertz CT molecular complexity index is 634. The van der Waals surface area contributed by atoms with E-state index in [9.17, 15) is 5.26 Å². The van der Waals surface area contributed by atoms with Gasteiger partial charge >= 0.3 is 0 Å². The fourth-order valence-electron chi connectivity index (χ4n) is 2.83. The van der Waals surface area contributed by atoms with Gasteiger partial charge in [0.05, 0.1) is 19.3 Å². The highest BCUT2D eigenvalue weighted by atomic mass is 16.5. The van der Waals surface area contributed by atoms with Crippen molar-refractivity contribution in [1.82, 2.24) is 0 Å². The molecular formula is C22H27NO2. The van der Waals surface area contributed by atoms with Crippen molar-refractivity contribution in [3.8, 4) is 6.07 Å². The van der Waals surface area contributed by atoms with Crippen molar-refractivity contribution in [1.29, 1.82) is 5.26 Å². The molecule has 0 N–H and O–H groups in total. The summed E-state index contributed by atoms with van der Waals surface area (Å²) in [6.45, 7) is 5.97. The molecule has 0 radical (unpaired) electrons. The van der Waals surface area contributed by atoms with Crippen LogP contribution >= 0.6 is 0 Å². The smallest absolute Gasteiger partial charge is 0.147 e. The van der Waals surface area contributed by atoms with Crippen LogP contribution < -0.4 is 0 Å². The quantitative estimate of drug-likeness (QED) is 0.575. The molecule has 0 aliphatic rings. The maximum absolute atomic E-state index is 9.54. The molecule has 0 heterocycles. The summed E-state index contributed by atoms with van der Waals surface area (Å²) < 4.78 is 11.7. The highest BCUT2D eigenvalue weighted by Gasteiger charge is 2.25. The summed E-state index contributed by atoms with van der Waals surface area (Å²) in [6.07, 6.45) is 0.401. The zero-order valence-corrected chi connectivity index (χ0v) is 15.1. The molecule has 0 fully saturated rings. The van der Waals surface area contributed by atoms with Gasteiger partial charge in [-0.1, -0.05) is 74.5 Å². The van der Waals surface area contributed by atoms with E-state index in [1.165, 1.54) is 5.56 Å². The number of hydrogen-bond acceptors (Lipinski definition) is 3. The number of ether oxygens (including phenoxy) is 2. The van der Waals surface area contributed by atoms with E-state index in [2.05, 4.69) is 32.0 Å². The van der Waals surface area contributed by atoms with E-state index in [0.29, 0.717) is 25.7 Å². The monoisotopic (exact) mass is 337 g/mol. The first kappa shape index (κ1) is 19.2. The third-order valence-electron chi connectivity index (χ3n) is 4.35. The largest absolute Gasteiger partial charge is 0.377 e. The molecule has 3 heteroatoms. The van der Waals surface area contributed by atoms with E-state index in [0.717, 1.165) is 12.0 Å². The van der Waals surface area contributed by atoms with Gasteiger partial charge in [-0.05, 0) is 23.5 Å². The molecule has 2 rings (SSSR count). The first-order chi connectivity index (χ1) is 12.2. The maximum atomic E-state index is 9.54. The van der Waals surface area contributed by atoms with Gasteiger partial charge in [-0.2, -0.15) is 5.26 Å². The minimum absolute atomic E-state index is 0.157. The summed E-state index contributed by atoms with van der Waals surface area (Å²) in [5.74, 6) is 0.519. The Hall–Kier alpha value is -2.15. The van der Waals surface area contributed by atoms with Crippen molar-refractivity contribution in [2.24, 2.45) is 11.8 Å². The van der Waals surface area contributed by atoms with Gasteiger partial charge in [-0.15, -0.1) is 0 Å². The molecule has 2 aromatic rings. The molecule has 0 bridgehead atoms. The number of hydrogen-bond donors (Lipinski definition) is 0. The highest BCUT2D eigenvalue weighted by Crippen LogP contribution is 2.23. The topological polar surface area (TPSA) is 42.2 Å². The SMILES string of the molecule is CC(C)[C@H](CCOCc1ccccc1)[C@@H](C#N)OCc1ccccc1. The Kier molecular flexibility index (Phi) is 8.18. The molecule has 0 spiro atoms. The van der Waals surface area contributed by atoms with Gasteiger partial charge in [0.1, 0.15) is 6.10 Å². The first-order valence-corrected chi connectivity index (χ1v) is 8.87. The van der Waals surface area contributed by atoms with Crippen LogP contribution in [0.4, 0.5) is 0 Å². The van der Waals surface area contributed by atoms with E-state index in [4.69, 9.17) is 9.47 Å². The van der Waals surface area contributed by atoms with Gasteiger partial charge in [-0.25, -0.2) is 0 Å². The molecule has 25 heavy (non-hydrogen) atoms. The molecule has 0 saturated carbocycles. The van der Waals surface area contributed by atoms with E-state index in [1.54, 1.807) is 0 Å². The highest BCUT2D eigenvalue weighted by molar-refractivity contribution is 5.14. The lowest BCUT2D eigenvalue weighted by molar-refractivity contribution is 0.00506. The van der Waals surface area contributed by atoms with Crippen LogP contribution in [0.1, 0.15) is 31.4 Å². The van der Waals surface area contributed by atoms with Crippen LogP contribution in [0.2, 0.25) is 0 Å². The zero-order valence-electron chi connectivity index (χ0n) is 15.1. The fourth-order valence-corrected chi connectivity index (χ4v) is 2.83. The normalized spacial score (nSPS) is 13.4. The minimum atomic E-state index is -0.416. The third-order valence-corrected chi connectivity index (χ3v) is 4.35. The number of rotatable bonds is 10. The second-order valence-corrected chi connectivity index (χ2v) is 6.58. The maximum Gasteiger partial charge on any atom is 0.147 e. The summed E-state index contributed by atoms with van der Waals surface area (Å²) in [5.41, 5.74) is 2.26. The van der Waals surface area contributed by atoms with Gasteiger partial charge in [0.15, 0.2) is 0 Å². The molecule has 0 aliphatic carbocycles. The summed E-state index contributed by atoms with van der Waals surface area (Å²) in [6, 6.07) is 22.4. The van der Waals surface area contributed by atoms with Crippen molar-refractivity contribution in [2.75, 3.05) is 6.61 Å². The molecule has 0 unspecified atom stereocenters. The van der Waals surface area contributed by atoms with Crippen molar-refractivity contribution < 1.29 is 9.47 Å². The average molecular weight is 337 g/mol. The third kappa shape index (κ3) is 6.70. The number of nitrogens with zero attached hydrogens (tertiary/aromatic N) is 1. The molecule has 3 nitrogen and oxygen atoms in total. The van der Waals surface area contributed by atoms with E-state index in [1.807, 2.05) is 48.5 Å². The Labute approximate surface area is 151 Å². The molecule has 0 saturated heterocycles. The Morgan fingerprint density at radius 1 is 0.880 bits per heavy atom. The molecular weight excluding hydrogens is 310 g/mol. The number of benzene rings is 2.